The highest BCUT2D eigenvalue weighted by Crippen LogP contribution is 2.40. The van der Waals surface area contributed by atoms with E-state index >= 15 is 0 Å². The highest BCUT2D eigenvalue weighted by Gasteiger charge is 2.18. The molecule has 30 heavy (non-hydrogen) atoms. The van der Waals surface area contributed by atoms with Gasteiger partial charge >= 0.3 is 0 Å². The van der Waals surface area contributed by atoms with Crippen molar-refractivity contribution in [3.63, 3.8) is 0 Å². The molecule has 0 fully saturated rings. The van der Waals surface area contributed by atoms with Gasteiger partial charge in [0.15, 0.2) is 5.69 Å². The third-order valence-corrected chi connectivity index (χ3v) is 5.31. The molecular weight excluding hydrogens is 446 g/mol. The van der Waals surface area contributed by atoms with Crippen molar-refractivity contribution in [3.05, 3.63) is 88.4 Å². The normalized spacial score (nSPS) is 11.4. The first-order valence-corrected chi connectivity index (χ1v) is 10.1. The molecule has 0 bridgehead atoms. The van der Waals surface area contributed by atoms with E-state index in [9.17, 15) is 15.0 Å². The van der Waals surface area contributed by atoms with Crippen LogP contribution in [0.2, 0.25) is 0 Å². The summed E-state index contributed by atoms with van der Waals surface area (Å²) in [5.74, 6) is -0.917. The molecule has 0 saturated carbocycles. The molecule has 0 radical (unpaired) electrons. The lowest BCUT2D eigenvalue weighted by molar-refractivity contribution is 0.0992. The summed E-state index contributed by atoms with van der Waals surface area (Å²) in [5.41, 5.74) is 2.20. The number of aryl methyl sites for hydroxylation is 2. The Hall–Kier alpha value is -3.45. The average Bonchev–Trinajstić information content (AvgIpc) is 3.01. The Morgan fingerprint density at radius 3 is 2.47 bits per heavy atom. The number of fused-ring (bicyclic) bond motifs is 1. The van der Waals surface area contributed by atoms with Gasteiger partial charge in [0.25, 0.3) is 5.91 Å². The van der Waals surface area contributed by atoms with Gasteiger partial charge in [-0.3, -0.25) is 4.79 Å². The minimum Gasteiger partial charge on any atom is -0.507 e. The van der Waals surface area contributed by atoms with Gasteiger partial charge in [0.05, 0.1) is 11.1 Å². The number of para-hydroxylation sites is 1. The smallest absolute Gasteiger partial charge is 0.299 e. The van der Waals surface area contributed by atoms with Gasteiger partial charge in [-0.2, -0.15) is 0 Å². The van der Waals surface area contributed by atoms with Gasteiger partial charge in [0.1, 0.15) is 5.75 Å². The molecule has 1 aromatic heterocycles. The van der Waals surface area contributed by atoms with Crippen molar-refractivity contribution >= 4 is 38.4 Å². The van der Waals surface area contributed by atoms with Gasteiger partial charge in [-0.05, 0) is 42.3 Å². The Kier molecular flexibility index (Phi) is 5.63. The van der Waals surface area contributed by atoms with Crippen molar-refractivity contribution in [2.24, 2.45) is 10.2 Å². The monoisotopic (exact) mass is 463 g/mol. The highest BCUT2D eigenvalue weighted by molar-refractivity contribution is 9.10. The molecule has 3 aromatic carbocycles. The second-order valence-electron chi connectivity index (χ2n) is 6.74. The number of nitrogens with zero attached hydrogens (tertiary/aromatic N) is 3. The molecule has 1 amide bonds. The van der Waals surface area contributed by atoms with Gasteiger partial charge in [-0.25, -0.2) is 0 Å². The summed E-state index contributed by atoms with van der Waals surface area (Å²) in [6, 6.07) is 21.7. The number of amides is 1. The quantitative estimate of drug-likeness (QED) is 0.356. The van der Waals surface area contributed by atoms with E-state index in [1.54, 1.807) is 16.7 Å². The van der Waals surface area contributed by atoms with E-state index in [-0.39, 0.29) is 22.9 Å². The first-order valence-electron chi connectivity index (χ1n) is 9.33. The Bertz CT molecular complexity index is 1250. The number of azo groups is 1. The van der Waals surface area contributed by atoms with E-state index in [4.69, 9.17) is 0 Å². The molecule has 0 spiro atoms. The maximum atomic E-state index is 12.4. The number of carbonyl (C=O) groups excluding carboxylic acids is 1. The van der Waals surface area contributed by atoms with Crippen molar-refractivity contribution in [1.29, 1.82) is 0 Å². The van der Waals surface area contributed by atoms with Gasteiger partial charge in [0.2, 0.25) is 5.88 Å². The number of carbonyl (C=O) groups is 1. The summed E-state index contributed by atoms with van der Waals surface area (Å²) in [5, 5.41) is 29.1. The van der Waals surface area contributed by atoms with Gasteiger partial charge in [-0.15, -0.1) is 10.2 Å². The predicted molar refractivity (Wildman–Crippen MR) is 118 cm³/mol. The Balaban J connectivity index is 1.70. The first-order chi connectivity index (χ1) is 14.5. The lowest BCUT2D eigenvalue weighted by atomic mass is 10.1. The lowest BCUT2D eigenvalue weighted by Crippen LogP contribution is -2.00. The SMILES string of the molecule is O=C(N=Nc1c(O)n(CCc2ccccc2)c2ccc(Br)cc12)c1ccccc1O. The first kappa shape index (κ1) is 19.8. The van der Waals surface area contributed by atoms with E-state index in [1.807, 2.05) is 48.5 Å². The van der Waals surface area contributed by atoms with Crippen LogP contribution in [0.15, 0.2) is 87.5 Å². The Labute approximate surface area is 181 Å². The molecule has 150 valence electrons. The standard InChI is InChI=1S/C23H18BrN3O3/c24-16-10-11-19-18(14-16)21(25-26-22(29)17-8-4-5-9-20(17)28)23(30)27(19)13-12-15-6-2-1-3-7-15/h1-11,14,28,30H,12-13H2. The summed E-state index contributed by atoms with van der Waals surface area (Å²) in [7, 11) is 0. The number of benzene rings is 3. The van der Waals surface area contributed by atoms with Gasteiger partial charge < -0.3 is 14.8 Å². The molecule has 2 N–H and O–H groups in total. The van der Waals surface area contributed by atoms with Crippen molar-refractivity contribution in [3.8, 4) is 11.6 Å². The molecule has 0 aliphatic carbocycles. The third-order valence-electron chi connectivity index (χ3n) is 4.81. The van der Waals surface area contributed by atoms with Crippen LogP contribution in [0, 0.1) is 0 Å². The topological polar surface area (TPSA) is 87.2 Å². The largest absolute Gasteiger partial charge is 0.507 e. The minimum absolute atomic E-state index is 0.0507. The van der Waals surface area contributed by atoms with E-state index in [1.165, 1.54) is 12.1 Å². The lowest BCUT2D eigenvalue weighted by Gasteiger charge is -2.07. The fourth-order valence-electron chi connectivity index (χ4n) is 3.31. The molecule has 0 aliphatic rings. The number of hydrogen-bond donors (Lipinski definition) is 2. The fraction of sp³-hybridized carbons (Fsp3) is 0.0870. The second-order valence-corrected chi connectivity index (χ2v) is 7.66. The van der Waals surface area contributed by atoms with E-state index < -0.39 is 5.91 Å². The maximum Gasteiger partial charge on any atom is 0.299 e. The van der Waals surface area contributed by atoms with Gasteiger partial charge in [0, 0.05) is 16.4 Å². The summed E-state index contributed by atoms with van der Waals surface area (Å²) >= 11 is 3.44. The molecule has 7 heteroatoms. The fourth-order valence-corrected chi connectivity index (χ4v) is 3.67. The van der Waals surface area contributed by atoms with Crippen molar-refractivity contribution < 1.29 is 15.0 Å². The summed E-state index contributed by atoms with van der Waals surface area (Å²) in [6.07, 6.45) is 0.724. The summed E-state index contributed by atoms with van der Waals surface area (Å²) < 4.78 is 2.58. The number of aromatic hydroxyl groups is 2. The molecule has 0 atom stereocenters. The zero-order valence-corrected chi connectivity index (χ0v) is 17.5. The van der Waals surface area contributed by atoms with Crippen LogP contribution in [0.1, 0.15) is 15.9 Å². The van der Waals surface area contributed by atoms with Crippen LogP contribution >= 0.6 is 15.9 Å². The molecule has 1 heterocycles. The molecule has 6 nitrogen and oxygen atoms in total. The molecule has 4 rings (SSSR count). The van der Waals surface area contributed by atoms with Crippen LogP contribution in [0.3, 0.4) is 0 Å². The maximum absolute atomic E-state index is 12.4. The van der Waals surface area contributed by atoms with Crippen LogP contribution in [-0.2, 0) is 13.0 Å². The van der Waals surface area contributed by atoms with Crippen LogP contribution < -0.4 is 0 Å². The van der Waals surface area contributed by atoms with Crippen LogP contribution in [0.4, 0.5) is 5.69 Å². The zero-order valence-electron chi connectivity index (χ0n) is 15.9. The number of phenols is 1. The highest BCUT2D eigenvalue weighted by atomic mass is 79.9. The van der Waals surface area contributed by atoms with E-state index in [2.05, 4.69) is 26.2 Å². The average molecular weight is 464 g/mol. The zero-order chi connectivity index (χ0) is 21.1. The minimum atomic E-state index is -0.687. The second kappa shape index (κ2) is 8.51. The summed E-state index contributed by atoms with van der Waals surface area (Å²) in [6.45, 7) is 0.539. The predicted octanol–water partition coefficient (Wildman–Crippen LogP) is 5.98. The van der Waals surface area contributed by atoms with E-state index in [0.717, 1.165) is 22.0 Å². The molecule has 0 unspecified atom stereocenters. The number of phenolic OH excluding ortho intramolecular Hbond substituents is 1. The molecule has 0 aliphatic heterocycles. The number of halogens is 1. The molecule has 4 aromatic rings. The Morgan fingerprint density at radius 2 is 1.70 bits per heavy atom. The number of hydrogen-bond acceptors (Lipinski definition) is 4. The number of aromatic nitrogens is 1. The summed E-state index contributed by atoms with van der Waals surface area (Å²) in [4.78, 5) is 12.4. The van der Waals surface area contributed by atoms with Crippen molar-refractivity contribution in [1.82, 2.24) is 4.57 Å². The van der Waals surface area contributed by atoms with Gasteiger partial charge in [-0.1, -0.05) is 58.4 Å². The third kappa shape index (κ3) is 3.97. The van der Waals surface area contributed by atoms with Crippen molar-refractivity contribution in [2.45, 2.75) is 13.0 Å². The van der Waals surface area contributed by atoms with E-state index in [0.29, 0.717) is 11.9 Å². The molecular formula is C23H18BrN3O3. The van der Waals surface area contributed by atoms with Crippen LogP contribution in [-0.4, -0.2) is 20.7 Å². The Morgan fingerprint density at radius 1 is 0.967 bits per heavy atom. The molecule has 0 saturated heterocycles. The van der Waals surface area contributed by atoms with Crippen LogP contribution in [0.25, 0.3) is 10.9 Å². The van der Waals surface area contributed by atoms with Crippen molar-refractivity contribution in [2.75, 3.05) is 0 Å². The number of rotatable bonds is 5. The van der Waals surface area contributed by atoms with Crippen LogP contribution in [0.5, 0.6) is 11.6 Å².